The number of aliphatic hydroxyl groups is 16. The number of aliphatic carboxylic acids is 1. The summed E-state index contributed by atoms with van der Waals surface area (Å²) in [6.45, 7) is -3.28. The number of aliphatic hydroxyl groups excluding tert-OH is 16. The molecule has 2 amide bonds. The Hall–Kier alpha value is -2.59. The van der Waals surface area contributed by atoms with Gasteiger partial charge >= 0.3 is 5.97 Å². The first-order chi connectivity index (χ1) is 31.9. The summed E-state index contributed by atoms with van der Waals surface area (Å²) in [5.41, 5.74) is 0. The van der Waals surface area contributed by atoms with Gasteiger partial charge in [0.2, 0.25) is 11.8 Å². The van der Waals surface area contributed by atoms with Crippen LogP contribution in [0.3, 0.4) is 0 Å². The summed E-state index contributed by atoms with van der Waals surface area (Å²) < 4.78 is 50.9. The molecular formula is C37H62N2O29. The van der Waals surface area contributed by atoms with E-state index in [1.54, 1.807) is 0 Å². The summed E-state index contributed by atoms with van der Waals surface area (Å²) in [5.74, 6) is -6.80. The zero-order valence-corrected chi connectivity index (χ0v) is 36.2. The topological polar surface area (TPSA) is 502 Å². The van der Waals surface area contributed by atoms with Crippen molar-refractivity contribution >= 4 is 17.8 Å². The highest BCUT2D eigenvalue weighted by Gasteiger charge is 2.59. The van der Waals surface area contributed by atoms with Crippen LogP contribution in [0, 0.1) is 0 Å². The van der Waals surface area contributed by atoms with Crippen LogP contribution < -0.4 is 10.6 Å². The zero-order chi connectivity index (χ0) is 50.7. The lowest BCUT2D eigenvalue weighted by Crippen LogP contribution is -2.70. The molecule has 5 aliphatic heterocycles. The number of hydrogen-bond acceptors (Lipinski definition) is 28. The van der Waals surface area contributed by atoms with E-state index in [-0.39, 0.29) is 0 Å². The molecule has 0 aromatic carbocycles. The van der Waals surface area contributed by atoms with Crippen LogP contribution in [-0.4, -0.2) is 297 Å². The number of carbonyl (C=O) groups excluding carboxylic acids is 2. The van der Waals surface area contributed by atoms with Crippen molar-refractivity contribution in [2.24, 2.45) is 0 Å². The quantitative estimate of drug-likeness (QED) is 0.0606. The van der Waals surface area contributed by atoms with Gasteiger partial charge in [0.05, 0.1) is 45.2 Å². The largest absolute Gasteiger partial charge is 0.477 e. The first-order valence-corrected chi connectivity index (χ1v) is 21.2. The minimum atomic E-state index is -3.07. The molecule has 5 aliphatic rings. The number of carboxylic acid groups (broad SMARTS) is 1. The standard InChI is InChI=1S/C37H62N2O29/c1-9(44)38-17-11(46)3-37(36(58)59,68-31(17)19(48)12(47)4-40)60-8-16-30(67-34-26(55)22(51)20(49)13(5-41)62-34)21(50)18(39-10(2)45)33(64-16)65-29-15(7-43)63-35(27(56)24(29)53)66-28-14(6-42)61-32(57)25(54)23(28)52/h11-35,40-43,46-57H,3-8H2,1-2H3,(H,38,44)(H,39,45)(H,58,59)/t11-,12-,13+,14+,15+,16+,17+,18+,19-,20-,21+,22-,23+,24+,25+,26+,27+,28+,29-,30+,31+,32?,33-,34-,35-,37-/m0/s1. The van der Waals surface area contributed by atoms with E-state index in [1.165, 1.54) is 0 Å². The molecular weight excluding hydrogens is 936 g/mol. The Kier molecular flexibility index (Phi) is 19.7. The lowest BCUT2D eigenvalue weighted by Gasteiger charge is -2.50. The summed E-state index contributed by atoms with van der Waals surface area (Å²) in [5, 5.41) is 184. The Labute approximate surface area is 384 Å². The number of amides is 2. The van der Waals surface area contributed by atoms with E-state index in [4.69, 9.17) is 42.6 Å². The third kappa shape index (κ3) is 12.0. The van der Waals surface area contributed by atoms with Gasteiger partial charge in [-0.2, -0.15) is 0 Å². The molecule has 0 radical (unpaired) electrons. The van der Waals surface area contributed by atoms with Gasteiger partial charge in [-0.15, -0.1) is 0 Å². The Bertz CT molecular complexity index is 1650. The predicted molar refractivity (Wildman–Crippen MR) is 207 cm³/mol. The molecule has 19 N–H and O–H groups in total. The molecule has 0 saturated carbocycles. The van der Waals surface area contributed by atoms with Gasteiger partial charge in [0, 0.05) is 20.3 Å². The molecule has 1 unspecified atom stereocenters. The van der Waals surface area contributed by atoms with E-state index in [0.717, 1.165) is 13.8 Å². The fourth-order valence-electron chi connectivity index (χ4n) is 8.43. The second kappa shape index (κ2) is 23.8. The normalized spacial score (nSPS) is 46.6. The van der Waals surface area contributed by atoms with Crippen molar-refractivity contribution in [1.82, 2.24) is 10.6 Å². The van der Waals surface area contributed by atoms with Crippen LogP contribution in [0.15, 0.2) is 0 Å². The van der Waals surface area contributed by atoms with Crippen LogP contribution >= 0.6 is 0 Å². The minimum Gasteiger partial charge on any atom is -0.477 e. The predicted octanol–water partition coefficient (Wildman–Crippen LogP) is -12.4. The average molecular weight is 999 g/mol. The molecule has 5 heterocycles. The molecule has 5 rings (SSSR count). The van der Waals surface area contributed by atoms with Gasteiger partial charge in [0.1, 0.15) is 116 Å². The van der Waals surface area contributed by atoms with Crippen LogP contribution in [-0.2, 0) is 57.0 Å². The van der Waals surface area contributed by atoms with Gasteiger partial charge < -0.3 is 140 Å². The number of ether oxygens (including phenoxy) is 9. The number of hydrogen-bond donors (Lipinski definition) is 19. The molecule has 0 aliphatic carbocycles. The van der Waals surface area contributed by atoms with Crippen LogP contribution in [0.25, 0.3) is 0 Å². The average Bonchev–Trinajstić information content (AvgIpc) is 3.29. The Balaban J connectivity index is 1.49. The number of carboxylic acids is 1. The molecule has 31 heteroatoms. The van der Waals surface area contributed by atoms with E-state index in [2.05, 4.69) is 10.6 Å². The Morgan fingerprint density at radius 1 is 0.588 bits per heavy atom. The molecule has 0 bridgehead atoms. The fourth-order valence-corrected chi connectivity index (χ4v) is 8.43. The lowest BCUT2D eigenvalue weighted by molar-refractivity contribution is -0.383. The fraction of sp³-hybridized carbons (Fsp3) is 0.919. The van der Waals surface area contributed by atoms with E-state index in [0.29, 0.717) is 0 Å². The van der Waals surface area contributed by atoms with Crippen molar-refractivity contribution in [3.63, 3.8) is 0 Å². The lowest BCUT2D eigenvalue weighted by atomic mass is 9.88. The van der Waals surface area contributed by atoms with Gasteiger partial charge in [-0.1, -0.05) is 0 Å². The van der Waals surface area contributed by atoms with Gasteiger partial charge in [0.25, 0.3) is 5.79 Å². The van der Waals surface area contributed by atoms with E-state index < -0.39 is 216 Å². The molecule has 31 nitrogen and oxygen atoms in total. The second-order valence-corrected chi connectivity index (χ2v) is 16.9. The van der Waals surface area contributed by atoms with Gasteiger partial charge in [-0.3, -0.25) is 9.59 Å². The minimum absolute atomic E-state index is 0.810. The van der Waals surface area contributed by atoms with Crippen molar-refractivity contribution in [2.75, 3.05) is 33.0 Å². The molecule has 394 valence electrons. The molecule has 0 aromatic heterocycles. The summed E-state index contributed by atoms with van der Waals surface area (Å²) >= 11 is 0. The van der Waals surface area contributed by atoms with Crippen molar-refractivity contribution in [1.29, 1.82) is 0 Å². The van der Waals surface area contributed by atoms with Crippen molar-refractivity contribution in [3.8, 4) is 0 Å². The summed E-state index contributed by atoms with van der Waals surface area (Å²) in [6, 6.07) is -3.50. The van der Waals surface area contributed by atoms with Gasteiger partial charge in [-0.25, -0.2) is 4.79 Å². The highest BCUT2D eigenvalue weighted by Crippen LogP contribution is 2.38. The van der Waals surface area contributed by atoms with Crippen LogP contribution in [0.5, 0.6) is 0 Å². The van der Waals surface area contributed by atoms with E-state index >= 15 is 0 Å². The molecule has 5 fully saturated rings. The van der Waals surface area contributed by atoms with E-state index in [9.17, 15) is 101 Å². The first-order valence-electron chi connectivity index (χ1n) is 21.2. The molecule has 5 saturated heterocycles. The molecule has 68 heavy (non-hydrogen) atoms. The summed E-state index contributed by atoms with van der Waals surface area (Å²) in [4.78, 5) is 37.7. The molecule has 26 atom stereocenters. The van der Waals surface area contributed by atoms with Crippen molar-refractivity contribution in [3.05, 3.63) is 0 Å². The highest BCUT2D eigenvalue weighted by atomic mass is 16.8. The zero-order valence-electron chi connectivity index (χ0n) is 36.2. The van der Waals surface area contributed by atoms with Crippen LogP contribution in [0.2, 0.25) is 0 Å². The maximum absolute atomic E-state index is 13.0. The highest BCUT2D eigenvalue weighted by molar-refractivity contribution is 5.76. The van der Waals surface area contributed by atoms with Crippen molar-refractivity contribution < 1.29 is 144 Å². The monoisotopic (exact) mass is 998 g/mol. The van der Waals surface area contributed by atoms with Gasteiger partial charge in [0.15, 0.2) is 25.2 Å². The second-order valence-electron chi connectivity index (χ2n) is 16.9. The van der Waals surface area contributed by atoms with Crippen LogP contribution in [0.4, 0.5) is 0 Å². The van der Waals surface area contributed by atoms with Crippen molar-refractivity contribution in [2.45, 2.75) is 179 Å². The molecule has 0 aromatic rings. The number of rotatable bonds is 18. The maximum Gasteiger partial charge on any atom is 0.364 e. The Morgan fingerprint density at radius 3 is 1.59 bits per heavy atom. The smallest absolute Gasteiger partial charge is 0.364 e. The third-order valence-corrected chi connectivity index (χ3v) is 12.1. The maximum atomic E-state index is 13.0. The number of carbonyl (C=O) groups is 3. The van der Waals surface area contributed by atoms with Gasteiger partial charge in [-0.05, 0) is 0 Å². The summed E-state index contributed by atoms with van der Waals surface area (Å²) in [6.07, 6.45) is -46.8. The SMILES string of the molecule is CC(=O)N[C@H]1[C@H](O[C@@H]2[C@H](O)[C@@H](O)[C@H](O[C@H]3[C@H](O)[C@@H](O)C(O)O[C@@H]3CO)O[C@@H]2CO)O[C@H](CO[C@@]2(C(=O)O)C[C@H](O)[C@@H](NC(C)=O)[C@H]([C@@H](O)[C@@H](O)CO)O2)[C@@H](O[C@@H]2O[C@H](CO)[C@H](O)[C@H](O)[C@H]2O)[C@@H]1O. The Morgan fingerprint density at radius 2 is 1.06 bits per heavy atom. The number of nitrogens with one attached hydrogen (secondary N) is 2. The molecule has 0 spiro atoms. The van der Waals surface area contributed by atoms with E-state index in [1.807, 2.05) is 0 Å². The van der Waals surface area contributed by atoms with Crippen LogP contribution in [0.1, 0.15) is 20.3 Å². The summed E-state index contributed by atoms with van der Waals surface area (Å²) in [7, 11) is 0. The third-order valence-electron chi connectivity index (χ3n) is 12.1. The first kappa shape index (κ1) is 56.3.